The van der Waals surface area contributed by atoms with Crippen LogP contribution in [0.2, 0.25) is 0 Å². The number of halogens is 2. The summed E-state index contributed by atoms with van der Waals surface area (Å²) >= 11 is 4.75. The normalized spacial score (nSPS) is 9.92. The number of aromatic nitrogens is 4. The van der Waals surface area contributed by atoms with E-state index in [9.17, 15) is 0 Å². The molecule has 557 valence electrons. The molecular formula is C99H88B3I2N10. The van der Waals surface area contributed by atoms with Gasteiger partial charge >= 0.3 is 0 Å². The molecule has 0 aliphatic carbocycles. The van der Waals surface area contributed by atoms with E-state index in [0.717, 1.165) is 34.1 Å². The van der Waals surface area contributed by atoms with Crippen LogP contribution in [-0.4, -0.2) is 43.5 Å². The predicted molar refractivity (Wildman–Crippen MR) is 511 cm³/mol. The fourth-order valence-corrected chi connectivity index (χ4v) is 14.5. The van der Waals surface area contributed by atoms with Gasteiger partial charge in [0, 0.05) is 127 Å². The average molecular weight is 1700 g/mol. The Kier molecular flexibility index (Phi) is 32.6. The van der Waals surface area contributed by atoms with Crippen molar-refractivity contribution in [2.75, 3.05) is 16.4 Å². The highest BCUT2D eigenvalue weighted by molar-refractivity contribution is 14.1. The van der Waals surface area contributed by atoms with Gasteiger partial charge < -0.3 is 34.6 Å². The van der Waals surface area contributed by atoms with E-state index in [-0.39, 0.29) is 69.8 Å². The Balaban J connectivity index is 0.000000224. The number of anilines is 5. The quantitative estimate of drug-likeness (QED) is 0.0786. The summed E-state index contributed by atoms with van der Waals surface area (Å²) in [5, 5.41) is 43.3. The van der Waals surface area contributed by atoms with Crippen molar-refractivity contribution in [3.8, 4) is 41.0 Å². The first-order chi connectivity index (χ1) is 51.7. The monoisotopic (exact) mass is 1700 g/mol. The minimum absolute atomic E-state index is 0. The van der Waals surface area contributed by atoms with Gasteiger partial charge in [0.15, 0.2) is 0 Å². The van der Waals surface area contributed by atoms with E-state index < -0.39 is 0 Å². The summed E-state index contributed by atoms with van der Waals surface area (Å²) in [7, 11) is 0. The van der Waals surface area contributed by atoms with Gasteiger partial charge in [-0.05, 0) is 264 Å². The molecule has 4 aromatic heterocycles. The molecule has 0 unspecified atom stereocenters. The minimum Gasteiger partial charge on any atom is -0.399 e. The lowest BCUT2D eigenvalue weighted by Gasteiger charge is -2.09. The molecule has 0 amide bonds. The SMILES string of the molecule is C.C.C.C.C.C.Ic1ccc2c(c1)c1ccccc1n2-c1ccccc1.Ic1ccc2c(c1)c1ccccc1n2-c1ccccc1.N#Cc1ccc(N)cc1.N#Cc1ccc(Nc2ccc3c(c2)c2ccccc2n3-c2ccccc2)cc1.N#Cc1ccc(Nc2ccc3c(c2)c2ccccc2n3-c2ccccc2)cc1.[B].[B].[B]. The van der Waals surface area contributed by atoms with E-state index in [0.29, 0.717) is 22.4 Å². The Bertz CT molecular complexity index is 6100. The van der Waals surface area contributed by atoms with Crippen LogP contribution in [0.4, 0.5) is 28.4 Å². The number of hydrogen-bond donors (Lipinski definition) is 3. The van der Waals surface area contributed by atoms with Crippen molar-refractivity contribution in [3.63, 3.8) is 0 Å². The summed E-state index contributed by atoms with van der Waals surface area (Å²) in [6.45, 7) is 0. The smallest absolute Gasteiger partial charge is 0.0991 e. The summed E-state index contributed by atoms with van der Waals surface area (Å²) in [6, 6.07) is 130. The van der Waals surface area contributed by atoms with Gasteiger partial charge in [-0.25, -0.2) is 0 Å². The molecule has 4 N–H and O–H groups in total. The Labute approximate surface area is 704 Å². The third-order valence-corrected chi connectivity index (χ3v) is 19.7. The van der Waals surface area contributed by atoms with E-state index >= 15 is 0 Å². The average Bonchev–Trinajstić information content (AvgIpc) is 1.62. The molecule has 19 rings (SSSR count). The molecule has 0 fully saturated rings. The second-order valence-corrected chi connectivity index (χ2v) is 27.4. The maximum Gasteiger partial charge on any atom is 0.0991 e. The summed E-state index contributed by atoms with van der Waals surface area (Å²) in [4.78, 5) is 0. The lowest BCUT2D eigenvalue weighted by atomic mass is 10.1. The lowest BCUT2D eigenvalue weighted by Crippen LogP contribution is -1.93. The molecule has 0 spiro atoms. The maximum atomic E-state index is 8.96. The van der Waals surface area contributed by atoms with Crippen LogP contribution in [0.1, 0.15) is 61.3 Å². The predicted octanol–water partition coefficient (Wildman–Crippen LogP) is 27.4. The highest BCUT2D eigenvalue weighted by Crippen LogP contribution is 2.38. The molecule has 10 nitrogen and oxygen atoms in total. The zero-order valence-electron chi connectivity index (χ0n) is 58.3. The molecule has 19 aromatic rings. The molecule has 4 heterocycles. The Morgan fingerprint density at radius 2 is 0.439 bits per heavy atom. The van der Waals surface area contributed by atoms with Crippen molar-refractivity contribution in [2.24, 2.45) is 0 Å². The molecule has 0 aliphatic heterocycles. The van der Waals surface area contributed by atoms with Crippen LogP contribution in [0.25, 0.3) is 110 Å². The van der Waals surface area contributed by atoms with Gasteiger partial charge in [-0.2, -0.15) is 15.8 Å². The van der Waals surface area contributed by atoms with Crippen LogP contribution in [0.3, 0.4) is 0 Å². The fraction of sp³-hybridized carbons (Fsp3) is 0.0606. The Morgan fingerprint density at radius 3 is 0.702 bits per heavy atom. The van der Waals surface area contributed by atoms with E-state index in [4.69, 9.17) is 21.5 Å². The Hall–Kier alpha value is -13.0. The summed E-state index contributed by atoms with van der Waals surface area (Å²) in [5.41, 5.74) is 26.5. The van der Waals surface area contributed by atoms with Gasteiger partial charge in [-0.3, -0.25) is 0 Å². The molecule has 0 bridgehead atoms. The first-order valence-corrected chi connectivity index (χ1v) is 36.3. The standard InChI is InChI=1S/2C25H17N3.2C18H12IN.C7H6N2.6CH4.3B/c2*26-17-18-10-12-19(13-11-18)27-20-14-15-25-23(16-20)22-8-4-5-9-24(22)28(25)21-6-2-1-3-7-21;2*19-13-10-11-18-16(12-13)15-8-4-5-9-17(15)20(18)14-6-2-1-3-7-14;8-5-6-1-3-7(9)4-2-6;;;;;;;;;/h2*1-16,27H;2*1-12H;1-4H,9H2;6*1H4;;;. The van der Waals surface area contributed by atoms with Crippen LogP contribution < -0.4 is 16.4 Å². The largest absolute Gasteiger partial charge is 0.399 e. The number of nitrogen functional groups attached to an aromatic ring is 1. The van der Waals surface area contributed by atoms with Crippen LogP contribution in [0.15, 0.2) is 364 Å². The minimum atomic E-state index is 0. The van der Waals surface area contributed by atoms with E-state index in [1.165, 1.54) is 106 Å². The van der Waals surface area contributed by atoms with Crippen molar-refractivity contribution in [1.82, 2.24) is 18.3 Å². The summed E-state index contributed by atoms with van der Waals surface area (Å²) < 4.78 is 11.8. The number of benzene rings is 15. The van der Waals surface area contributed by atoms with Crippen LogP contribution in [-0.2, 0) is 0 Å². The zero-order valence-corrected chi connectivity index (χ0v) is 62.7. The van der Waals surface area contributed by atoms with Gasteiger partial charge in [0.05, 0.1) is 79.0 Å². The molecule has 9 radical (unpaired) electrons. The topological polar surface area (TPSA) is 141 Å². The molecule has 0 atom stereocenters. The molecule has 0 saturated carbocycles. The number of nitrogens with zero attached hydrogens (tertiary/aromatic N) is 7. The highest BCUT2D eigenvalue weighted by Gasteiger charge is 2.17. The number of hydrogen-bond acceptors (Lipinski definition) is 6. The van der Waals surface area contributed by atoms with E-state index in [2.05, 4.69) is 365 Å². The summed E-state index contributed by atoms with van der Waals surface area (Å²) in [5.74, 6) is 0. The van der Waals surface area contributed by atoms with Crippen molar-refractivity contribution in [2.45, 2.75) is 44.6 Å². The lowest BCUT2D eigenvalue weighted by molar-refractivity contribution is 1.18. The number of nitriles is 3. The molecular weight excluding hydrogens is 1620 g/mol. The van der Waals surface area contributed by atoms with Crippen LogP contribution >= 0.6 is 45.2 Å². The van der Waals surface area contributed by atoms with Gasteiger partial charge in [-0.1, -0.05) is 190 Å². The Morgan fingerprint density at radius 1 is 0.228 bits per heavy atom. The van der Waals surface area contributed by atoms with Crippen molar-refractivity contribution in [1.29, 1.82) is 15.8 Å². The second-order valence-electron chi connectivity index (χ2n) is 24.9. The van der Waals surface area contributed by atoms with Gasteiger partial charge in [0.2, 0.25) is 0 Å². The fourth-order valence-electron chi connectivity index (χ4n) is 13.6. The number of rotatable bonds is 8. The van der Waals surface area contributed by atoms with Gasteiger partial charge in [0.1, 0.15) is 0 Å². The van der Waals surface area contributed by atoms with Gasteiger partial charge in [0.25, 0.3) is 0 Å². The second kappa shape index (κ2) is 41.3. The van der Waals surface area contributed by atoms with E-state index in [1.54, 1.807) is 24.3 Å². The summed E-state index contributed by atoms with van der Waals surface area (Å²) in [6.07, 6.45) is 0. The highest BCUT2D eigenvalue weighted by atomic mass is 127. The maximum absolute atomic E-state index is 8.96. The van der Waals surface area contributed by atoms with Crippen molar-refractivity contribution >= 4 is 186 Å². The van der Waals surface area contributed by atoms with Crippen molar-refractivity contribution in [3.05, 3.63) is 388 Å². The molecule has 15 aromatic carbocycles. The third kappa shape index (κ3) is 19.1. The number of nitrogens with two attached hydrogens (primary N) is 1. The first-order valence-electron chi connectivity index (χ1n) is 34.1. The number of para-hydroxylation sites is 8. The first kappa shape index (κ1) is 89.9. The molecule has 0 aliphatic rings. The molecule has 0 saturated heterocycles. The number of nitrogens with one attached hydrogen (secondary N) is 2. The van der Waals surface area contributed by atoms with Gasteiger partial charge in [-0.15, -0.1) is 0 Å². The third-order valence-electron chi connectivity index (χ3n) is 18.3. The van der Waals surface area contributed by atoms with Crippen molar-refractivity contribution < 1.29 is 0 Å². The number of fused-ring (bicyclic) bond motifs is 12. The zero-order chi connectivity index (χ0) is 71.6. The molecule has 114 heavy (non-hydrogen) atoms. The molecule has 15 heteroatoms. The van der Waals surface area contributed by atoms with Crippen LogP contribution in [0.5, 0.6) is 0 Å². The van der Waals surface area contributed by atoms with Crippen LogP contribution in [0, 0.1) is 41.1 Å². The van der Waals surface area contributed by atoms with E-state index in [1.807, 2.05) is 66.7 Å².